The van der Waals surface area contributed by atoms with Gasteiger partial charge in [-0.2, -0.15) is 0 Å². The first kappa shape index (κ1) is 23.5. The summed E-state index contributed by atoms with van der Waals surface area (Å²) in [4.78, 5) is 0. The maximum Gasteiger partial charge on any atom is 0.0811 e. The van der Waals surface area contributed by atoms with Crippen LogP contribution in [0.15, 0.2) is 47.6 Å². The second-order valence-corrected chi connectivity index (χ2v) is 10.6. The van der Waals surface area contributed by atoms with Gasteiger partial charge in [0.2, 0.25) is 0 Å². The van der Waals surface area contributed by atoms with Gasteiger partial charge in [-0.3, -0.25) is 0 Å². The number of aliphatic hydroxyl groups is 3. The first-order valence-electron chi connectivity index (χ1n) is 11.9. The van der Waals surface area contributed by atoms with Crippen LogP contribution < -0.4 is 0 Å². The lowest BCUT2D eigenvalue weighted by Crippen LogP contribution is -2.35. The van der Waals surface area contributed by atoms with Gasteiger partial charge in [-0.15, -0.1) is 0 Å². The van der Waals surface area contributed by atoms with Gasteiger partial charge in [-0.05, 0) is 78.8 Å². The minimum absolute atomic E-state index is 0.254. The third-order valence-corrected chi connectivity index (χ3v) is 8.23. The molecule has 30 heavy (non-hydrogen) atoms. The molecule has 0 heterocycles. The minimum Gasteiger partial charge on any atom is -0.393 e. The first-order valence-corrected chi connectivity index (χ1v) is 11.9. The number of fused-ring (bicyclic) bond motifs is 1. The highest BCUT2D eigenvalue weighted by atomic mass is 16.3. The summed E-state index contributed by atoms with van der Waals surface area (Å²) in [5.41, 5.74) is 3.59. The molecule has 3 N–H and O–H groups in total. The van der Waals surface area contributed by atoms with E-state index in [0.29, 0.717) is 36.0 Å². The van der Waals surface area contributed by atoms with Crippen molar-refractivity contribution in [3.05, 3.63) is 47.6 Å². The molecule has 7 atom stereocenters. The molecule has 0 aromatic rings. The Bertz CT molecular complexity index is 716. The molecule has 0 spiro atoms. The van der Waals surface area contributed by atoms with Gasteiger partial charge in [0, 0.05) is 6.42 Å². The van der Waals surface area contributed by atoms with Crippen molar-refractivity contribution in [2.75, 3.05) is 0 Å². The van der Waals surface area contributed by atoms with Gasteiger partial charge in [0.25, 0.3) is 0 Å². The average Bonchev–Trinajstić information content (AvgIpc) is 3.04. The van der Waals surface area contributed by atoms with E-state index in [4.69, 9.17) is 0 Å². The van der Waals surface area contributed by atoms with E-state index < -0.39 is 12.2 Å². The third-order valence-electron chi connectivity index (χ3n) is 8.23. The largest absolute Gasteiger partial charge is 0.393 e. The molecule has 3 rings (SSSR count). The Balaban J connectivity index is 1.76. The second-order valence-electron chi connectivity index (χ2n) is 10.6. The highest BCUT2D eigenvalue weighted by molar-refractivity contribution is 5.38. The summed E-state index contributed by atoms with van der Waals surface area (Å²) >= 11 is 0. The van der Waals surface area contributed by atoms with Gasteiger partial charge in [0.15, 0.2) is 0 Å². The van der Waals surface area contributed by atoms with Crippen molar-refractivity contribution in [1.82, 2.24) is 0 Å². The van der Waals surface area contributed by atoms with E-state index in [2.05, 4.69) is 52.5 Å². The van der Waals surface area contributed by atoms with Gasteiger partial charge < -0.3 is 15.3 Å². The molecule has 3 nitrogen and oxygen atoms in total. The maximum absolute atomic E-state index is 10.2. The molecule has 3 aliphatic carbocycles. The van der Waals surface area contributed by atoms with Crippen LogP contribution in [0.3, 0.4) is 0 Å². The fourth-order valence-electron chi connectivity index (χ4n) is 6.25. The predicted octanol–water partition coefficient (Wildman–Crippen LogP) is 5.34. The van der Waals surface area contributed by atoms with E-state index in [1.165, 1.54) is 31.3 Å². The summed E-state index contributed by atoms with van der Waals surface area (Å²) < 4.78 is 0. The highest BCUT2D eigenvalue weighted by Gasteiger charge is 2.50. The van der Waals surface area contributed by atoms with E-state index in [9.17, 15) is 15.3 Å². The van der Waals surface area contributed by atoms with Crippen molar-refractivity contribution in [3.63, 3.8) is 0 Å². The van der Waals surface area contributed by atoms with Gasteiger partial charge in [0.1, 0.15) is 0 Å². The third kappa shape index (κ3) is 4.84. The number of allylic oxidation sites excluding steroid dienone is 4. The Hall–Kier alpha value is -1.16. The molecule has 0 aromatic carbocycles. The van der Waals surface area contributed by atoms with E-state index in [1.54, 1.807) is 0 Å². The fraction of sp³-hybridized carbons (Fsp3) is 0.704. The van der Waals surface area contributed by atoms with E-state index in [-0.39, 0.29) is 12.0 Å². The summed E-state index contributed by atoms with van der Waals surface area (Å²) in [6.45, 7) is 13.0. The summed E-state index contributed by atoms with van der Waals surface area (Å²) in [5.74, 6) is 1.96. The van der Waals surface area contributed by atoms with Gasteiger partial charge in [-0.25, -0.2) is 0 Å². The molecule has 3 aliphatic rings. The van der Waals surface area contributed by atoms with Crippen molar-refractivity contribution < 1.29 is 15.3 Å². The van der Waals surface area contributed by atoms with Crippen molar-refractivity contribution in [1.29, 1.82) is 0 Å². The van der Waals surface area contributed by atoms with Crippen LogP contribution in [0.5, 0.6) is 0 Å². The maximum atomic E-state index is 10.2. The van der Waals surface area contributed by atoms with Gasteiger partial charge in [-0.1, -0.05) is 64.2 Å². The van der Waals surface area contributed by atoms with Crippen LogP contribution in [0, 0.1) is 29.1 Å². The first-order chi connectivity index (χ1) is 14.1. The summed E-state index contributed by atoms with van der Waals surface area (Å²) in [5, 5.41) is 30.3. The summed E-state index contributed by atoms with van der Waals surface area (Å²) in [6, 6.07) is 0. The van der Waals surface area contributed by atoms with E-state index in [1.807, 2.05) is 6.08 Å². The standard InChI is InChI=1S/C27H42O3/c1-17(2)25(29)13-8-18(3)23-11-12-24-20(7-6-14-27(23,24)5)9-10-21-15-22(28)16-26(30)19(21)4/h8-10,13,17-18,22-26,28-30H,4,6-7,11-12,14-16H2,1-3,5H3/t18-,22-,23-,24+,25?,26+,27-/m1/s1. The van der Waals surface area contributed by atoms with E-state index >= 15 is 0 Å². The Morgan fingerprint density at radius 2 is 1.83 bits per heavy atom. The average molecular weight is 415 g/mol. The molecule has 0 bridgehead atoms. The molecule has 0 saturated heterocycles. The predicted molar refractivity (Wildman–Crippen MR) is 124 cm³/mol. The Morgan fingerprint density at radius 3 is 2.53 bits per heavy atom. The van der Waals surface area contributed by atoms with Crippen LogP contribution in [0.25, 0.3) is 0 Å². The number of rotatable bonds is 5. The molecule has 0 radical (unpaired) electrons. The van der Waals surface area contributed by atoms with Crippen molar-refractivity contribution in [2.45, 2.75) is 91.0 Å². The summed E-state index contributed by atoms with van der Waals surface area (Å²) in [7, 11) is 0. The summed E-state index contributed by atoms with van der Waals surface area (Å²) in [6.07, 6.45) is 14.3. The fourth-order valence-corrected chi connectivity index (χ4v) is 6.25. The van der Waals surface area contributed by atoms with E-state index in [0.717, 1.165) is 17.6 Å². The second kappa shape index (κ2) is 9.54. The lowest BCUT2D eigenvalue weighted by molar-refractivity contribution is 0.0862. The molecule has 168 valence electrons. The zero-order valence-corrected chi connectivity index (χ0v) is 19.3. The molecule has 3 fully saturated rings. The number of hydrogen-bond donors (Lipinski definition) is 3. The molecule has 0 aromatic heterocycles. The Kier molecular flexibility index (Phi) is 7.48. The minimum atomic E-state index is -0.625. The van der Waals surface area contributed by atoms with Crippen LogP contribution in [0.4, 0.5) is 0 Å². The zero-order valence-electron chi connectivity index (χ0n) is 19.3. The molecule has 0 aliphatic heterocycles. The van der Waals surface area contributed by atoms with Crippen LogP contribution >= 0.6 is 0 Å². The van der Waals surface area contributed by atoms with Crippen LogP contribution in [0.1, 0.15) is 72.6 Å². The molecule has 3 saturated carbocycles. The van der Waals surface area contributed by atoms with Crippen LogP contribution in [-0.4, -0.2) is 33.6 Å². The molecular weight excluding hydrogens is 372 g/mol. The lowest BCUT2D eigenvalue weighted by atomic mass is 9.61. The van der Waals surface area contributed by atoms with Crippen LogP contribution in [0.2, 0.25) is 0 Å². The quantitative estimate of drug-likeness (QED) is 0.532. The van der Waals surface area contributed by atoms with Crippen molar-refractivity contribution >= 4 is 0 Å². The van der Waals surface area contributed by atoms with Gasteiger partial charge >= 0.3 is 0 Å². The lowest BCUT2D eigenvalue weighted by Gasteiger charge is -2.44. The molecule has 3 heteroatoms. The van der Waals surface area contributed by atoms with Crippen molar-refractivity contribution in [2.24, 2.45) is 29.1 Å². The molecule has 0 amide bonds. The SMILES string of the molecule is C=C1C(=CC=C2CCC[C@]3(C)[C@@H]([C@H](C)C=CC(O)C(C)C)CC[C@@H]23)C[C@@H](O)C[C@@H]1O. The normalized spacial score (nSPS) is 39.8. The smallest absolute Gasteiger partial charge is 0.0811 e. The molecule has 1 unspecified atom stereocenters. The topological polar surface area (TPSA) is 60.7 Å². The van der Waals surface area contributed by atoms with Crippen molar-refractivity contribution in [3.8, 4) is 0 Å². The Morgan fingerprint density at radius 1 is 1.10 bits per heavy atom. The number of aliphatic hydroxyl groups excluding tert-OH is 3. The molecular formula is C27H42O3. The highest BCUT2D eigenvalue weighted by Crippen LogP contribution is 2.59. The monoisotopic (exact) mass is 414 g/mol. The van der Waals surface area contributed by atoms with Gasteiger partial charge in [0.05, 0.1) is 18.3 Å². The van der Waals surface area contributed by atoms with Crippen LogP contribution in [-0.2, 0) is 0 Å². The number of hydrogen-bond acceptors (Lipinski definition) is 3. The zero-order chi connectivity index (χ0) is 22.1. The Labute approximate surface area is 183 Å².